The Hall–Kier alpha value is -0.810. The predicted octanol–water partition coefficient (Wildman–Crippen LogP) is 2.47. The number of nitrogens with zero attached hydrogens (tertiary/aromatic N) is 1. The Labute approximate surface area is 152 Å². The quantitative estimate of drug-likeness (QED) is 0.817. The summed E-state index contributed by atoms with van der Waals surface area (Å²) in [6.45, 7) is 5.63. The summed E-state index contributed by atoms with van der Waals surface area (Å²) >= 11 is 0. The van der Waals surface area contributed by atoms with Crippen molar-refractivity contribution in [2.45, 2.75) is 32.4 Å². The highest BCUT2D eigenvalue weighted by atomic mass is 35.5. The molecule has 0 bridgehead atoms. The summed E-state index contributed by atoms with van der Waals surface area (Å²) in [5, 5.41) is 6.39. The van der Waals surface area contributed by atoms with Crippen molar-refractivity contribution in [2.24, 2.45) is 5.92 Å². The molecule has 0 spiro atoms. The fraction of sp³-hybridized carbons (Fsp3) is 0.588. The number of halogens is 2. The van der Waals surface area contributed by atoms with E-state index in [4.69, 9.17) is 0 Å². The van der Waals surface area contributed by atoms with Gasteiger partial charge >= 0.3 is 0 Å². The molecule has 1 saturated heterocycles. The largest absolute Gasteiger partial charge is 0.354 e. The topological polar surface area (TPSA) is 44.4 Å². The first-order valence-corrected chi connectivity index (χ1v) is 7.89. The van der Waals surface area contributed by atoms with Gasteiger partial charge in [0, 0.05) is 25.7 Å². The molecule has 2 N–H and O–H groups in total. The predicted molar refractivity (Wildman–Crippen MR) is 100 cm³/mol. The van der Waals surface area contributed by atoms with Crippen LogP contribution in [0.4, 0.5) is 0 Å². The number of likely N-dealkylation sites (N-methyl/N-ethyl adjacent to an activating group) is 1. The summed E-state index contributed by atoms with van der Waals surface area (Å²) in [7, 11) is 2.10. The van der Waals surface area contributed by atoms with Crippen LogP contribution in [0.15, 0.2) is 30.3 Å². The van der Waals surface area contributed by atoms with Crippen molar-refractivity contribution < 1.29 is 4.79 Å². The third-order valence-electron chi connectivity index (χ3n) is 4.27. The standard InChI is InChI=1S/C17H27N3O.2ClH/c1-14(20(2)13-15-7-4-3-5-8-15)11-19-17(21)16-9-6-10-18-12-16;;/h3-5,7-8,14,16,18H,6,9-13H2,1-2H3,(H,19,21);2*1H. The van der Waals surface area contributed by atoms with Gasteiger partial charge in [0.05, 0.1) is 5.92 Å². The Morgan fingerprint density at radius 2 is 2.04 bits per heavy atom. The molecule has 1 aromatic carbocycles. The van der Waals surface area contributed by atoms with Crippen molar-refractivity contribution in [1.82, 2.24) is 15.5 Å². The number of carbonyl (C=O) groups excluding carboxylic acids is 1. The van der Waals surface area contributed by atoms with Gasteiger partial charge in [-0.3, -0.25) is 9.69 Å². The summed E-state index contributed by atoms with van der Waals surface area (Å²) < 4.78 is 0. The molecule has 0 aromatic heterocycles. The van der Waals surface area contributed by atoms with Gasteiger partial charge < -0.3 is 10.6 Å². The number of rotatable bonds is 6. The van der Waals surface area contributed by atoms with Crippen LogP contribution in [0.3, 0.4) is 0 Å². The van der Waals surface area contributed by atoms with Crippen LogP contribution in [-0.2, 0) is 11.3 Å². The first kappa shape index (κ1) is 22.2. The second-order valence-corrected chi connectivity index (χ2v) is 6.04. The molecule has 1 heterocycles. The second kappa shape index (κ2) is 11.7. The number of hydrogen-bond donors (Lipinski definition) is 2. The number of carbonyl (C=O) groups is 1. The second-order valence-electron chi connectivity index (χ2n) is 6.04. The van der Waals surface area contributed by atoms with Crippen LogP contribution in [0.5, 0.6) is 0 Å². The fourth-order valence-electron chi connectivity index (χ4n) is 2.65. The van der Waals surface area contributed by atoms with E-state index in [-0.39, 0.29) is 36.6 Å². The molecule has 2 unspecified atom stereocenters. The lowest BCUT2D eigenvalue weighted by Crippen LogP contribution is -2.45. The molecule has 0 saturated carbocycles. The summed E-state index contributed by atoms with van der Waals surface area (Å²) in [4.78, 5) is 14.4. The van der Waals surface area contributed by atoms with Gasteiger partial charge in [0.25, 0.3) is 0 Å². The highest BCUT2D eigenvalue weighted by Gasteiger charge is 2.21. The van der Waals surface area contributed by atoms with E-state index in [9.17, 15) is 4.79 Å². The first-order chi connectivity index (χ1) is 10.2. The maximum Gasteiger partial charge on any atom is 0.224 e. The normalized spacial score (nSPS) is 18.5. The van der Waals surface area contributed by atoms with E-state index < -0.39 is 0 Å². The zero-order chi connectivity index (χ0) is 15.1. The minimum Gasteiger partial charge on any atom is -0.354 e. The molecule has 1 amide bonds. The maximum atomic E-state index is 12.1. The van der Waals surface area contributed by atoms with E-state index in [1.54, 1.807) is 0 Å². The highest BCUT2D eigenvalue weighted by Crippen LogP contribution is 2.10. The average molecular weight is 362 g/mol. The minimum absolute atomic E-state index is 0. The SMILES string of the molecule is CC(CNC(=O)C1CCCNC1)N(C)Cc1ccccc1.Cl.Cl. The molecule has 2 atom stereocenters. The van der Waals surface area contributed by atoms with Gasteiger partial charge in [-0.2, -0.15) is 0 Å². The maximum absolute atomic E-state index is 12.1. The van der Waals surface area contributed by atoms with E-state index in [1.807, 2.05) is 6.07 Å². The smallest absolute Gasteiger partial charge is 0.224 e. The van der Waals surface area contributed by atoms with Crippen molar-refractivity contribution in [1.29, 1.82) is 0 Å². The highest BCUT2D eigenvalue weighted by molar-refractivity contribution is 5.85. The fourth-order valence-corrected chi connectivity index (χ4v) is 2.65. The number of hydrogen-bond acceptors (Lipinski definition) is 3. The van der Waals surface area contributed by atoms with Gasteiger partial charge in [-0.1, -0.05) is 30.3 Å². The van der Waals surface area contributed by atoms with Crippen molar-refractivity contribution >= 4 is 30.7 Å². The van der Waals surface area contributed by atoms with Gasteiger partial charge in [0.1, 0.15) is 0 Å². The van der Waals surface area contributed by atoms with Gasteiger partial charge in [-0.25, -0.2) is 0 Å². The zero-order valence-corrected chi connectivity index (χ0v) is 15.6. The summed E-state index contributed by atoms with van der Waals surface area (Å²) in [6.07, 6.45) is 2.11. The molecule has 1 aliphatic heterocycles. The van der Waals surface area contributed by atoms with E-state index >= 15 is 0 Å². The van der Waals surface area contributed by atoms with Crippen LogP contribution >= 0.6 is 24.8 Å². The number of amides is 1. The third kappa shape index (κ3) is 7.53. The lowest BCUT2D eigenvalue weighted by atomic mass is 9.99. The van der Waals surface area contributed by atoms with Crippen LogP contribution in [0.1, 0.15) is 25.3 Å². The Kier molecular flexibility index (Phi) is 11.3. The molecule has 132 valence electrons. The molecule has 1 aliphatic rings. The molecule has 1 aromatic rings. The van der Waals surface area contributed by atoms with Crippen molar-refractivity contribution in [3.8, 4) is 0 Å². The van der Waals surface area contributed by atoms with Gasteiger partial charge in [-0.15, -0.1) is 24.8 Å². The summed E-state index contributed by atoms with van der Waals surface area (Å²) in [5.41, 5.74) is 1.30. The number of benzene rings is 1. The van der Waals surface area contributed by atoms with Crippen molar-refractivity contribution in [2.75, 3.05) is 26.7 Å². The van der Waals surface area contributed by atoms with Crippen LogP contribution in [0.25, 0.3) is 0 Å². The Morgan fingerprint density at radius 1 is 1.35 bits per heavy atom. The van der Waals surface area contributed by atoms with Crippen LogP contribution in [0.2, 0.25) is 0 Å². The number of nitrogens with one attached hydrogen (secondary N) is 2. The molecule has 2 rings (SSSR count). The van der Waals surface area contributed by atoms with Gasteiger partial charge in [0.15, 0.2) is 0 Å². The van der Waals surface area contributed by atoms with Gasteiger partial charge in [0.2, 0.25) is 5.91 Å². The Bertz CT molecular complexity index is 439. The third-order valence-corrected chi connectivity index (χ3v) is 4.27. The summed E-state index contributed by atoms with van der Waals surface area (Å²) in [6, 6.07) is 10.7. The Morgan fingerprint density at radius 3 is 2.65 bits per heavy atom. The first-order valence-electron chi connectivity index (χ1n) is 7.89. The zero-order valence-electron chi connectivity index (χ0n) is 14.0. The molecule has 0 radical (unpaired) electrons. The van der Waals surface area contributed by atoms with E-state index in [0.29, 0.717) is 12.6 Å². The molecular formula is C17H29Cl2N3O. The average Bonchev–Trinajstić information content (AvgIpc) is 2.54. The van der Waals surface area contributed by atoms with Crippen LogP contribution in [-0.4, -0.2) is 43.5 Å². The minimum atomic E-state index is 0. The Balaban J connectivity index is 0.00000242. The molecular weight excluding hydrogens is 333 g/mol. The lowest BCUT2D eigenvalue weighted by molar-refractivity contribution is -0.125. The van der Waals surface area contributed by atoms with Crippen LogP contribution in [0, 0.1) is 5.92 Å². The monoisotopic (exact) mass is 361 g/mol. The molecule has 1 fully saturated rings. The van der Waals surface area contributed by atoms with Crippen molar-refractivity contribution in [3.63, 3.8) is 0 Å². The lowest BCUT2D eigenvalue weighted by Gasteiger charge is -2.27. The molecule has 0 aliphatic carbocycles. The molecule has 23 heavy (non-hydrogen) atoms. The molecule has 6 heteroatoms. The van der Waals surface area contributed by atoms with E-state index in [1.165, 1.54) is 5.56 Å². The van der Waals surface area contributed by atoms with E-state index in [2.05, 4.69) is 53.8 Å². The van der Waals surface area contributed by atoms with Crippen molar-refractivity contribution in [3.05, 3.63) is 35.9 Å². The number of piperidine rings is 1. The van der Waals surface area contributed by atoms with Gasteiger partial charge in [-0.05, 0) is 38.9 Å². The molecule has 4 nitrogen and oxygen atoms in total. The van der Waals surface area contributed by atoms with Crippen LogP contribution < -0.4 is 10.6 Å². The summed E-state index contributed by atoms with van der Waals surface area (Å²) in [5.74, 6) is 0.340. The van der Waals surface area contributed by atoms with E-state index in [0.717, 1.165) is 32.5 Å².